The van der Waals surface area contributed by atoms with Crippen LogP contribution in [0.2, 0.25) is 0 Å². The summed E-state index contributed by atoms with van der Waals surface area (Å²) < 4.78 is 6.65. The van der Waals surface area contributed by atoms with Crippen LogP contribution >= 0.6 is 28.3 Å². The van der Waals surface area contributed by atoms with Gasteiger partial charge >= 0.3 is 0 Å². The van der Waals surface area contributed by atoms with Crippen molar-refractivity contribution in [2.24, 2.45) is 5.73 Å². The number of nitrogens with two attached hydrogens (primary N) is 1. The van der Waals surface area contributed by atoms with Crippen molar-refractivity contribution in [3.05, 3.63) is 28.2 Å². The zero-order valence-electron chi connectivity index (χ0n) is 10.4. The molecule has 0 aliphatic heterocycles. The Morgan fingerprint density at radius 2 is 2.06 bits per heavy atom. The van der Waals surface area contributed by atoms with Crippen LogP contribution in [-0.4, -0.2) is 6.61 Å². The molecular formula is C13H21BrClNO. The van der Waals surface area contributed by atoms with Gasteiger partial charge in [-0.25, -0.2) is 0 Å². The quantitative estimate of drug-likeness (QED) is 0.839. The largest absolute Gasteiger partial charge is 0.494 e. The third-order valence-electron chi connectivity index (χ3n) is 2.54. The summed E-state index contributed by atoms with van der Waals surface area (Å²) >= 11 is 3.47. The van der Waals surface area contributed by atoms with E-state index in [0.29, 0.717) is 6.61 Å². The Balaban J connectivity index is 0.00000256. The highest BCUT2D eigenvalue weighted by Crippen LogP contribution is 2.29. The standard InChI is InChI=1S/C13H20BrNO.ClH/c1-3-5-6-12(15)11-9-10(14)7-8-13(11)16-4-2;/h7-9,12H,3-6,15H2,1-2H3;1H/t12-;/m1./s1. The van der Waals surface area contributed by atoms with Crippen LogP contribution in [0.4, 0.5) is 0 Å². The summed E-state index contributed by atoms with van der Waals surface area (Å²) in [5.74, 6) is 0.911. The molecule has 0 aromatic heterocycles. The maximum Gasteiger partial charge on any atom is 0.124 e. The van der Waals surface area contributed by atoms with Gasteiger partial charge in [-0.2, -0.15) is 0 Å². The van der Waals surface area contributed by atoms with Crippen molar-refractivity contribution in [3.8, 4) is 5.75 Å². The number of halogens is 2. The highest BCUT2D eigenvalue weighted by Gasteiger charge is 2.12. The number of hydrogen-bond donors (Lipinski definition) is 1. The maximum absolute atomic E-state index is 6.18. The molecule has 0 saturated heterocycles. The van der Waals surface area contributed by atoms with E-state index < -0.39 is 0 Å². The van der Waals surface area contributed by atoms with Gasteiger partial charge < -0.3 is 10.5 Å². The fourth-order valence-corrected chi connectivity index (χ4v) is 2.05. The van der Waals surface area contributed by atoms with E-state index in [4.69, 9.17) is 10.5 Å². The van der Waals surface area contributed by atoms with Crippen LogP contribution in [-0.2, 0) is 0 Å². The molecule has 98 valence electrons. The highest BCUT2D eigenvalue weighted by molar-refractivity contribution is 9.10. The first-order valence-electron chi connectivity index (χ1n) is 5.86. The average molecular weight is 323 g/mol. The molecule has 0 radical (unpaired) electrons. The summed E-state index contributed by atoms with van der Waals surface area (Å²) in [5.41, 5.74) is 7.28. The molecular weight excluding hydrogens is 302 g/mol. The third-order valence-corrected chi connectivity index (χ3v) is 3.03. The summed E-state index contributed by atoms with van der Waals surface area (Å²) in [5, 5.41) is 0. The second kappa shape index (κ2) is 8.78. The molecule has 0 saturated carbocycles. The summed E-state index contributed by atoms with van der Waals surface area (Å²) in [7, 11) is 0. The molecule has 0 spiro atoms. The van der Waals surface area contributed by atoms with E-state index in [-0.39, 0.29) is 18.4 Å². The van der Waals surface area contributed by atoms with Gasteiger partial charge in [-0.3, -0.25) is 0 Å². The van der Waals surface area contributed by atoms with E-state index in [0.717, 1.165) is 28.6 Å². The third kappa shape index (κ3) is 5.28. The monoisotopic (exact) mass is 321 g/mol. The Kier molecular flexibility index (Phi) is 8.66. The van der Waals surface area contributed by atoms with E-state index in [1.807, 2.05) is 19.1 Å². The lowest BCUT2D eigenvalue weighted by atomic mass is 10.0. The van der Waals surface area contributed by atoms with Crippen molar-refractivity contribution < 1.29 is 4.74 Å². The molecule has 0 fully saturated rings. The summed E-state index contributed by atoms with van der Waals surface area (Å²) in [4.78, 5) is 0. The molecule has 0 aliphatic rings. The average Bonchev–Trinajstić information content (AvgIpc) is 2.28. The van der Waals surface area contributed by atoms with Gasteiger partial charge in [0.05, 0.1) is 6.61 Å². The molecule has 0 unspecified atom stereocenters. The minimum atomic E-state index is 0. The lowest BCUT2D eigenvalue weighted by Crippen LogP contribution is -2.12. The fourth-order valence-electron chi connectivity index (χ4n) is 1.68. The van der Waals surface area contributed by atoms with Crippen LogP contribution in [0.1, 0.15) is 44.7 Å². The van der Waals surface area contributed by atoms with Crippen LogP contribution in [0.3, 0.4) is 0 Å². The lowest BCUT2D eigenvalue weighted by molar-refractivity contribution is 0.333. The molecule has 17 heavy (non-hydrogen) atoms. The van der Waals surface area contributed by atoms with Crippen molar-refractivity contribution in [2.45, 2.75) is 39.2 Å². The van der Waals surface area contributed by atoms with Gasteiger partial charge in [0.2, 0.25) is 0 Å². The van der Waals surface area contributed by atoms with Crippen molar-refractivity contribution in [1.82, 2.24) is 0 Å². The molecule has 0 aliphatic carbocycles. The second-order valence-corrected chi connectivity index (χ2v) is 4.78. The van der Waals surface area contributed by atoms with Gasteiger partial charge in [0.25, 0.3) is 0 Å². The van der Waals surface area contributed by atoms with E-state index in [1.165, 1.54) is 6.42 Å². The van der Waals surface area contributed by atoms with Crippen molar-refractivity contribution in [3.63, 3.8) is 0 Å². The molecule has 2 nitrogen and oxygen atoms in total. The van der Waals surface area contributed by atoms with Crippen LogP contribution in [0.15, 0.2) is 22.7 Å². The number of hydrogen-bond acceptors (Lipinski definition) is 2. The topological polar surface area (TPSA) is 35.2 Å². The van der Waals surface area contributed by atoms with Crippen LogP contribution in [0.5, 0.6) is 5.75 Å². The van der Waals surface area contributed by atoms with Gasteiger partial charge in [-0.15, -0.1) is 12.4 Å². The zero-order valence-corrected chi connectivity index (χ0v) is 12.8. The second-order valence-electron chi connectivity index (χ2n) is 3.86. The van der Waals surface area contributed by atoms with Gasteiger partial charge in [0.15, 0.2) is 0 Å². The van der Waals surface area contributed by atoms with E-state index in [9.17, 15) is 0 Å². The molecule has 4 heteroatoms. The Morgan fingerprint density at radius 3 is 2.65 bits per heavy atom. The minimum Gasteiger partial charge on any atom is -0.494 e. The minimum absolute atomic E-state index is 0. The Labute approximate surface area is 118 Å². The van der Waals surface area contributed by atoms with Gasteiger partial charge in [-0.05, 0) is 31.5 Å². The molecule has 0 amide bonds. The van der Waals surface area contributed by atoms with Gasteiger partial charge in [0, 0.05) is 16.1 Å². The Morgan fingerprint density at radius 1 is 1.35 bits per heavy atom. The predicted molar refractivity (Wildman–Crippen MR) is 79.0 cm³/mol. The van der Waals surface area contributed by atoms with Gasteiger partial charge in [0.1, 0.15) is 5.75 Å². The van der Waals surface area contributed by atoms with Crippen molar-refractivity contribution in [2.75, 3.05) is 6.61 Å². The highest BCUT2D eigenvalue weighted by atomic mass is 79.9. The van der Waals surface area contributed by atoms with Crippen LogP contribution in [0.25, 0.3) is 0 Å². The van der Waals surface area contributed by atoms with Crippen molar-refractivity contribution in [1.29, 1.82) is 0 Å². The molecule has 0 bridgehead atoms. The lowest BCUT2D eigenvalue weighted by Gasteiger charge is -2.16. The van der Waals surface area contributed by atoms with Crippen molar-refractivity contribution >= 4 is 28.3 Å². The molecule has 1 atom stereocenters. The number of ether oxygens (including phenoxy) is 1. The number of rotatable bonds is 6. The molecule has 1 aromatic carbocycles. The first kappa shape index (κ1) is 16.8. The zero-order chi connectivity index (χ0) is 12.0. The smallest absolute Gasteiger partial charge is 0.124 e. The Hall–Kier alpha value is -0.250. The molecule has 0 heterocycles. The first-order valence-corrected chi connectivity index (χ1v) is 6.66. The van der Waals surface area contributed by atoms with Crippen LogP contribution in [0, 0.1) is 0 Å². The number of benzene rings is 1. The molecule has 2 N–H and O–H groups in total. The van der Waals surface area contributed by atoms with E-state index >= 15 is 0 Å². The summed E-state index contributed by atoms with van der Waals surface area (Å²) in [6.07, 6.45) is 3.33. The molecule has 1 aromatic rings. The van der Waals surface area contributed by atoms with Crippen LogP contribution < -0.4 is 10.5 Å². The fraction of sp³-hybridized carbons (Fsp3) is 0.538. The predicted octanol–water partition coefficient (Wildman–Crippen LogP) is 4.46. The first-order chi connectivity index (χ1) is 7.69. The SMILES string of the molecule is CCCC[C@@H](N)c1cc(Br)ccc1OCC.Cl. The molecule has 1 rings (SSSR count). The summed E-state index contributed by atoms with van der Waals surface area (Å²) in [6.45, 7) is 4.84. The van der Waals surface area contributed by atoms with E-state index in [2.05, 4.69) is 28.9 Å². The summed E-state index contributed by atoms with van der Waals surface area (Å²) in [6, 6.07) is 6.10. The Bertz CT molecular complexity index is 333. The van der Waals surface area contributed by atoms with Gasteiger partial charge in [-0.1, -0.05) is 35.7 Å². The number of unbranched alkanes of at least 4 members (excludes halogenated alkanes) is 1. The van der Waals surface area contributed by atoms with E-state index in [1.54, 1.807) is 0 Å². The normalized spacial score (nSPS) is 11.8. The maximum atomic E-state index is 6.18.